The minimum atomic E-state index is 0.0740. The van der Waals surface area contributed by atoms with Gasteiger partial charge in [-0.25, -0.2) is 0 Å². The minimum absolute atomic E-state index is 0.0740. The summed E-state index contributed by atoms with van der Waals surface area (Å²) in [5, 5.41) is 2.96. The molecule has 0 unspecified atom stereocenters. The molecule has 2 heteroatoms. The van der Waals surface area contributed by atoms with Crippen LogP contribution in [-0.2, 0) is 4.79 Å². The van der Waals surface area contributed by atoms with Gasteiger partial charge in [0.25, 0.3) is 0 Å². The van der Waals surface area contributed by atoms with E-state index in [1.54, 1.807) is 0 Å². The van der Waals surface area contributed by atoms with Gasteiger partial charge in [-0.3, -0.25) is 4.79 Å². The molecule has 0 radical (unpaired) electrons. The molecule has 0 aromatic heterocycles. The Kier molecular flexibility index (Phi) is 3.89. The molecule has 15 heavy (non-hydrogen) atoms. The zero-order valence-corrected chi connectivity index (χ0v) is 9.92. The first-order valence-electron chi connectivity index (χ1n) is 5.43. The van der Waals surface area contributed by atoms with Crippen LogP contribution in [0.4, 0.5) is 5.69 Å². The van der Waals surface area contributed by atoms with E-state index in [-0.39, 0.29) is 11.8 Å². The lowest BCUT2D eigenvalue weighted by Crippen LogP contribution is -2.20. The van der Waals surface area contributed by atoms with Crippen LogP contribution in [0.1, 0.15) is 31.4 Å². The van der Waals surface area contributed by atoms with E-state index in [4.69, 9.17) is 0 Å². The number of amides is 1. The topological polar surface area (TPSA) is 29.1 Å². The van der Waals surface area contributed by atoms with Crippen LogP contribution in [0.2, 0.25) is 0 Å². The lowest BCUT2D eigenvalue weighted by atomic mass is 10.1. The normalized spacial score (nSPS) is 12.3. The van der Waals surface area contributed by atoms with E-state index in [0.29, 0.717) is 0 Å². The van der Waals surface area contributed by atoms with Crippen LogP contribution in [0.3, 0.4) is 0 Å². The third-order valence-corrected chi connectivity index (χ3v) is 2.92. The largest absolute Gasteiger partial charge is 0.326 e. The number of hydrogen-bond acceptors (Lipinski definition) is 1. The first-order chi connectivity index (χ1) is 7.06. The van der Waals surface area contributed by atoms with Crippen LogP contribution in [0.25, 0.3) is 0 Å². The number of nitrogens with one attached hydrogen (secondary N) is 1. The van der Waals surface area contributed by atoms with Crippen molar-refractivity contribution in [2.75, 3.05) is 5.32 Å². The Morgan fingerprint density at radius 3 is 2.67 bits per heavy atom. The Bertz CT molecular complexity index is 358. The van der Waals surface area contributed by atoms with Crippen molar-refractivity contribution in [1.29, 1.82) is 0 Å². The number of aryl methyl sites for hydroxylation is 1. The van der Waals surface area contributed by atoms with Crippen LogP contribution in [0.5, 0.6) is 0 Å². The second kappa shape index (κ2) is 4.96. The van der Waals surface area contributed by atoms with Crippen molar-refractivity contribution in [2.45, 2.75) is 34.1 Å². The minimum Gasteiger partial charge on any atom is -0.326 e. The van der Waals surface area contributed by atoms with Crippen LogP contribution < -0.4 is 5.32 Å². The van der Waals surface area contributed by atoms with Crippen molar-refractivity contribution in [1.82, 2.24) is 0 Å². The third-order valence-electron chi connectivity index (χ3n) is 2.92. The first-order valence-corrected chi connectivity index (χ1v) is 5.43. The zero-order valence-electron chi connectivity index (χ0n) is 9.92. The summed E-state index contributed by atoms with van der Waals surface area (Å²) in [5.41, 5.74) is 3.28. The van der Waals surface area contributed by atoms with Gasteiger partial charge in [0.05, 0.1) is 0 Å². The van der Waals surface area contributed by atoms with E-state index in [2.05, 4.69) is 5.32 Å². The Hall–Kier alpha value is -1.31. The quantitative estimate of drug-likeness (QED) is 0.806. The average molecular weight is 205 g/mol. The lowest BCUT2D eigenvalue weighted by Gasteiger charge is -2.13. The maximum Gasteiger partial charge on any atom is 0.227 e. The van der Waals surface area contributed by atoms with Gasteiger partial charge in [0.15, 0.2) is 0 Å². The Morgan fingerprint density at radius 2 is 2.07 bits per heavy atom. The molecule has 0 fully saturated rings. The van der Waals surface area contributed by atoms with E-state index < -0.39 is 0 Å². The summed E-state index contributed by atoms with van der Waals surface area (Å²) in [6.45, 7) is 8.05. The molecule has 2 nitrogen and oxygen atoms in total. The highest BCUT2D eigenvalue weighted by Gasteiger charge is 2.11. The van der Waals surface area contributed by atoms with Gasteiger partial charge in [-0.05, 0) is 37.5 Å². The van der Waals surface area contributed by atoms with Gasteiger partial charge in [0.2, 0.25) is 5.91 Å². The second-order valence-corrected chi connectivity index (χ2v) is 4.05. The number of benzene rings is 1. The van der Waals surface area contributed by atoms with Crippen molar-refractivity contribution in [2.24, 2.45) is 5.92 Å². The Morgan fingerprint density at radius 1 is 1.40 bits per heavy atom. The Labute approximate surface area is 91.7 Å². The predicted octanol–water partition coefficient (Wildman–Crippen LogP) is 3.29. The number of carbonyl (C=O) groups is 1. The molecule has 0 spiro atoms. The summed E-state index contributed by atoms with van der Waals surface area (Å²) in [6, 6.07) is 5.96. The summed E-state index contributed by atoms with van der Waals surface area (Å²) >= 11 is 0. The predicted molar refractivity (Wildman–Crippen MR) is 64.0 cm³/mol. The molecule has 1 N–H and O–H groups in total. The lowest BCUT2D eigenvalue weighted by molar-refractivity contribution is -0.119. The van der Waals surface area contributed by atoms with Crippen molar-refractivity contribution in [3.8, 4) is 0 Å². The molecule has 0 bridgehead atoms. The number of rotatable bonds is 3. The molecule has 0 saturated carbocycles. The molecule has 0 aliphatic carbocycles. The first kappa shape index (κ1) is 11.8. The van der Waals surface area contributed by atoms with Gasteiger partial charge in [0, 0.05) is 11.6 Å². The van der Waals surface area contributed by atoms with Crippen molar-refractivity contribution in [3.63, 3.8) is 0 Å². The monoisotopic (exact) mass is 205 g/mol. The van der Waals surface area contributed by atoms with Crippen LogP contribution in [0.15, 0.2) is 18.2 Å². The van der Waals surface area contributed by atoms with Gasteiger partial charge in [-0.15, -0.1) is 0 Å². The van der Waals surface area contributed by atoms with Gasteiger partial charge >= 0.3 is 0 Å². The SMILES string of the molecule is CC[C@H](C)C(=O)Nc1cccc(C)c1C. The summed E-state index contributed by atoms with van der Waals surface area (Å²) in [5.74, 6) is 0.177. The van der Waals surface area contributed by atoms with E-state index in [1.807, 2.05) is 45.9 Å². The molecule has 1 aromatic carbocycles. The molecule has 0 saturated heterocycles. The molecule has 0 aliphatic rings. The molecular weight excluding hydrogens is 186 g/mol. The number of hydrogen-bond donors (Lipinski definition) is 1. The molecule has 1 aromatic rings. The van der Waals surface area contributed by atoms with E-state index >= 15 is 0 Å². The molecular formula is C13H19NO. The van der Waals surface area contributed by atoms with Crippen LogP contribution in [-0.4, -0.2) is 5.91 Å². The van der Waals surface area contributed by atoms with Crippen LogP contribution >= 0.6 is 0 Å². The fourth-order valence-corrected chi connectivity index (χ4v) is 1.33. The van der Waals surface area contributed by atoms with Crippen molar-refractivity contribution < 1.29 is 4.79 Å². The fourth-order valence-electron chi connectivity index (χ4n) is 1.33. The molecule has 82 valence electrons. The summed E-state index contributed by atoms with van der Waals surface area (Å²) in [6.07, 6.45) is 0.872. The molecule has 0 aliphatic heterocycles. The highest BCUT2D eigenvalue weighted by molar-refractivity contribution is 5.93. The zero-order chi connectivity index (χ0) is 11.4. The van der Waals surface area contributed by atoms with Gasteiger partial charge in [-0.2, -0.15) is 0 Å². The molecule has 1 amide bonds. The maximum absolute atomic E-state index is 11.7. The van der Waals surface area contributed by atoms with Gasteiger partial charge in [0.1, 0.15) is 0 Å². The molecule has 1 atom stereocenters. The summed E-state index contributed by atoms with van der Waals surface area (Å²) in [7, 11) is 0. The number of anilines is 1. The van der Waals surface area contributed by atoms with Gasteiger partial charge < -0.3 is 5.32 Å². The van der Waals surface area contributed by atoms with Gasteiger partial charge in [-0.1, -0.05) is 26.0 Å². The molecule has 0 heterocycles. The smallest absolute Gasteiger partial charge is 0.227 e. The third kappa shape index (κ3) is 2.82. The standard InChI is InChI=1S/C13H19NO/c1-5-9(2)13(15)14-12-8-6-7-10(3)11(12)4/h6-9H,5H2,1-4H3,(H,14,15)/t9-/m0/s1. The van der Waals surface area contributed by atoms with E-state index in [1.165, 1.54) is 5.56 Å². The highest BCUT2D eigenvalue weighted by Crippen LogP contribution is 2.19. The van der Waals surface area contributed by atoms with E-state index in [0.717, 1.165) is 17.7 Å². The van der Waals surface area contributed by atoms with Crippen molar-refractivity contribution >= 4 is 11.6 Å². The number of carbonyl (C=O) groups excluding carboxylic acids is 1. The van der Waals surface area contributed by atoms with Crippen molar-refractivity contribution in [3.05, 3.63) is 29.3 Å². The van der Waals surface area contributed by atoms with Crippen LogP contribution in [0, 0.1) is 19.8 Å². The molecule has 1 rings (SSSR count). The Balaban J connectivity index is 2.81. The average Bonchev–Trinajstić information content (AvgIpc) is 2.23. The maximum atomic E-state index is 11.7. The summed E-state index contributed by atoms with van der Waals surface area (Å²) in [4.78, 5) is 11.7. The summed E-state index contributed by atoms with van der Waals surface area (Å²) < 4.78 is 0. The van der Waals surface area contributed by atoms with E-state index in [9.17, 15) is 4.79 Å². The highest BCUT2D eigenvalue weighted by atomic mass is 16.1. The fraction of sp³-hybridized carbons (Fsp3) is 0.462. The second-order valence-electron chi connectivity index (χ2n) is 4.05.